The zero-order chi connectivity index (χ0) is 24.5. The maximum absolute atomic E-state index is 13.2. The van der Waals surface area contributed by atoms with E-state index < -0.39 is 6.04 Å². The number of hydrogen-bond acceptors (Lipinski definition) is 5. The summed E-state index contributed by atoms with van der Waals surface area (Å²) in [7, 11) is 3.31. The van der Waals surface area contributed by atoms with Crippen LogP contribution >= 0.6 is 0 Å². The van der Waals surface area contributed by atoms with E-state index in [4.69, 9.17) is 9.47 Å². The van der Waals surface area contributed by atoms with Crippen LogP contribution in [0.5, 0.6) is 11.5 Å². The minimum atomic E-state index is -0.569. The van der Waals surface area contributed by atoms with Crippen molar-refractivity contribution in [2.24, 2.45) is 5.92 Å². The van der Waals surface area contributed by atoms with Crippen molar-refractivity contribution >= 4 is 11.9 Å². The van der Waals surface area contributed by atoms with Crippen LogP contribution < -0.4 is 20.1 Å². The minimum Gasteiger partial charge on any atom is -0.497 e. The van der Waals surface area contributed by atoms with Crippen LogP contribution in [0.25, 0.3) is 0 Å². The molecule has 0 aliphatic carbocycles. The smallest absolute Gasteiger partial charge is 0.315 e. The Bertz CT molecular complexity index is 943. The lowest BCUT2D eigenvalue weighted by atomic mass is 10.0. The summed E-state index contributed by atoms with van der Waals surface area (Å²) in [5, 5.41) is 5.72. The molecule has 0 spiro atoms. The fourth-order valence-corrected chi connectivity index (χ4v) is 4.05. The number of carbonyl (C=O) groups is 2. The molecule has 2 N–H and O–H groups in total. The standard InChI is InChI=1S/C26H36N4O4/c1-19(2)24(28-26(32)27-17-20-8-6-5-7-9-20)25(31)30-14-12-29(13-15-30)18-21-16-22(33-3)10-11-23(21)34-4/h5-11,16,19,24H,12-15,17-18H2,1-4H3,(H2,27,28,32). The van der Waals surface area contributed by atoms with Crippen LogP contribution in [0, 0.1) is 5.92 Å². The van der Waals surface area contributed by atoms with Crippen LogP contribution in [0.4, 0.5) is 4.79 Å². The number of amides is 3. The summed E-state index contributed by atoms with van der Waals surface area (Å²) in [6, 6.07) is 14.6. The van der Waals surface area contributed by atoms with Crippen molar-refractivity contribution in [1.82, 2.24) is 20.4 Å². The first-order valence-corrected chi connectivity index (χ1v) is 11.7. The topological polar surface area (TPSA) is 83.1 Å². The van der Waals surface area contributed by atoms with Gasteiger partial charge in [0, 0.05) is 44.8 Å². The van der Waals surface area contributed by atoms with Gasteiger partial charge in [-0.3, -0.25) is 9.69 Å². The van der Waals surface area contributed by atoms with Crippen molar-refractivity contribution in [3.05, 3.63) is 59.7 Å². The highest BCUT2D eigenvalue weighted by Crippen LogP contribution is 2.25. The SMILES string of the molecule is COc1ccc(OC)c(CN2CCN(C(=O)C(NC(=O)NCc3ccccc3)C(C)C)CC2)c1. The molecule has 8 nitrogen and oxygen atoms in total. The number of methoxy groups -OCH3 is 2. The summed E-state index contributed by atoms with van der Waals surface area (Å²) >= 11 is 0. The Kier molecular flexibility index (Phi) is 9.16. The van der Waals surface area contributed by atoms with Gasteiger partial charge >= 0.3 is 6.03 Å². The van der Waals surface area contributed by atoms with Gasteiger partial charge in [-0.15, -0.1) is 0 Å². The predicted octanol–water partition coefficient (Wildman–Crippen LogP) is 2.87. The molecule has 8 heteroatoms. The largest absolute Gasteiger partial charge is 0.497 e. The summed E-state index contributed by atoms with van der Waals surface area (Å²) in [5.41, 5.74) is 2.06. The van der Waals surface area contributed by atoms with Gasteiger partial charge in [0.2, 0.25) is 5.91 Å². The van der Waals surface area contributed by atoms with Crippen LogP contribution in [-0.2, 0) is 17.9 Å². The molecule has 3 rings (SSSR count). The molecule has 0 radical (unpaired) electrons. The van der Waals surface area contributed by atoms with E-state index in [1.54, 1.807) is 14.2 Å². The average molecular weight is 469 g/mol. The van der Waals surface area contributed by atoms with Crippen molar-refractivity contribution in [3.63, 3.8) is 0 Å². The summed E-state index contributed by atoms with van der Waals surface area (Å²) in [4.78, 5) is 29.8. The van der Waals surface area contributed by atoms with Gasteiger partial charge in [0.1, 0.15) is 17.5 Å². The third kappa shape index (κ3) is 6.87. The molecule has 1 heterocycles. The maximum atomic E-state index is 13.2. The number of ether oxygens (including phenoxy) is 2. The molecule has 0 aromatic heterocycles. The third-order valence-corrected chi connectivity index (χ3v) is 6.08. The number of nitrogens with one attached hydrogen (secondary N) is 2. The lowest BCUT2D eigenvalue weighted by molar-refractivity contribution is -0.136. The number of nitrogens with zero attached hydrogens (tertiary/aromatic N) is 2. The van der Waals surface area contributed by atoms with Crippen molar-refractivity contribution in [3.8, 4) is 11.5 Å². The molecular weight excluding hydrogens is 432 g/mol. The monoisotopic (exact) mass is 468 g/mol. The number of piperazine rings is 1. The summed E-state index contributed by atoms with van der Waals surface area (Å²) < 4.78 is 10.8. The fraction of sp³-hybridized carbons (Fsp3) is 0.462. The van der Waals surface area contributed by atoms with Crippen molar-refractivity contribution in [2.75, 3.05) is 40.4 Å². The lowest BCUT2D eigenvalue weighted by Crippen LogP contribution is -2.57. The molecule has 184 valence electrons. The van der Waals surface area contributed by atoms with Gasteiger partial charge < -0.3 is 25.0 Å². The van der Waals surface area contributed by atoms with E-state index in [0.29, 0.717) is 19.6 Å². The van der Waals surface area contributed by atoms with Gasteiger partial charge in [0.25, 0.3) is 0 Å². The van der Waals surface area contributed by atoms with Gasteiger partial charge in [0.05, 0.1) is 14.2 Å². The number of carbonyl (C=O) groups excluding carboxylic acids is 2. The second kappa shape index (κ2) is 12.3. The number of benzene rings is 2. The molecule has 2 aromatic rings. The number of urea groups is 1. The molecule has 1 unspecified atom stereocenters. The van der Waals surface area contributed by atoms with Crippen molar-refractivity contribution in [1.29, 1.82) is 0 Å². The predicted molar refractivity (Wildman–Crippen MR) is 132 cm³/mol. The first-order valence-electron chi connectivity index (χ1n) is 11.7. The van der Waals surface area contributed by atoms with Crippen molar-refractivity contribution < 1.29 is 19.1 Å². The van der Waals surface area contributed by atoms with Crippen LogP contribution in [0.15, 0.2) is 48.5 Å². The molecule has 1 fully saturated rings. The van der Waals surface area contributed by atoms with E-state index >= 15 is 0 Å². The lowest BCUT2D eigenvalue weighted by Gasteiger charge is -2.37. The molecule has 34 heavy (non-hydrogen) atoms. The van der Waals surface area contributed by atoms with E-state index in [1.165, 1.54) is 0 Å². The Morgan fingerprint density at radius 2 is 1.68 bits per heavy atom. The highest BCUT2D eigenvalue weighted by Gasteiger charge is 2.31. The van der Waals surface area contributed by atoms with Crippen LogP contribution in [-0.4, -0.2) is 68.2 Å². The molecule has 3 amide bonds. The van der Waals surface area contributed by atoms with Gasteiger partial charge in [-0.25, -0.2) is 4.79 Å². The highest BCUT2D eigenvalue weighted by molar-refractivity contribution is 5.87. The summed E-state index contributed by atoms with van der Waals surface area (Å²) in [6.07, 6.45) is 0. The van der Waals surface area contributed by atoms with Gasteiger partial charge in [-0.05, 0) is 29.7 Å². The first-order chi connectivity index (χ1) is 16.4. The molecule has 1 aliphatic rings. The zero-order valence-corrected chi connectivity index (χ0v) is 20.5. The van der Waals surface area contributed by atoms with Crippen molar-refractivity contribution in [2.45, 2.75) is 33.0 Å². The minimum absolute atomic E-state index is 0.0194. The van der Waals surface area contributed by atoms with Crippen LogP contribution in [0.2, 0.25) is 0 Å². The Hall–Kier alpha value is -3.26. The number of hydrogen-bond donors (Lipinski definition) is 2. The van der Waals surface area contributed by atoms with Gasteiger partial charge in [-0.2, -0.15) is 0 Å². The third-order valence-electron chi connectivity index (χ3n) is 6.08. The summed E-state index contributed by atoms with van der Waals surface area (Å²) in [5.74, 6) is 1.56. The van der Waals surface area contributed by atoms with Crippen LogP contribution in [0.3, 0.4) is 0 Å². The van der Waals surface area contributed by atoms with E-state index in [-0.39, 0.29) is 17.9 Å². The number of rotatable bonds is 9. The summed E-state index contributed by atoms with van der Waals surface area (Å²) in [6.45, 7) is 7.75. The average Bonchev–Trinajstić information content (AvgIpc) is 2.86. The second-order valence-corrected chi connectivity index (χ2v) is 8.81. The molecule has 1 saturated heterocycles. The van der Waals surface area contributed by atoms with E-state index in [0.717, 1.165) is 42.3 Å². The van der Waals surface area contributed by atoms with E-state index in [2.05, 4.69) is 15.5 Å². The van der Waals surface area contributed by atoms with E-state index in [9.17, 15) is 9.59 Å². The molecule has 0 saturated carbocycles. The highest BCUT2D eigenvalue weighted by atomic mass is 16.5. The molecule has 1 atom stereocenters. The Labute approximate surface area is 202 Å². The fourth-order valence-electron chi connectivity index (χ4n) is 4.05. The Balaban J connectivity index is 1.52. The molecule has 0 bridgehead atoms. The Morgan fingerprint density at radius 3 is 2.29 bits per heavy atom. The first kappa shape index (κ1) is 25.4. The van der Waals surface area contributed by atoms with Gasteiger partial charge in [0.15, 0.2) is 0 Å². The molecular formula is C26H36N4O4. The molecule has 2 aromatic carbocycles. The zero-order valence-electron chi connectivity index (χ0n) is 20.5. The van der Waals surface area contributed by atoms with Gasteiger partial charge in [-0.1, -0.05) is 44.2 Å². The maximum Gasteiger partial charge on any atom is 0.315 e. The molecule has 1 aliphatic heterocycles. The Morgan fingerprint density at radius 1 is 0.971 bits per heavy atom. The van der Waals surface area contributed by atoms with E-state index in [1.807, 2.05) is 67.3 Å². The second-order valence-electron chi connectivity index (χ2n) is 8.81. The normalized spacial score (nSPS) is 15.0. The quantitative estimate of drug-likeness (QED) is 0.591. The van der Waals surface area contributed by atoms with Crippen LogP contribution in [0.1, 0.15) is 25.0 Å².